The maximum Gasteiger partial charge on any atom is 0.235 e. The Bertz CT molecular complexity index is 490. The van der Waals surface area contributed by atoms with Gasteiger partial charge in [0.25, 0.3) is 0 Å². The largest absolute Gasteiger partial charge is 0.235 e. The maximum atomic E-state index is 10.6. The minimum absolute atomic E-state index is 0.220. The summed E-state index contributed by atoms with van der Waals surface area (Å²) in [4.78, 5) is 14.6. The first-order chi connectivity index (χ1) is 9.34. The summed E-state index contributed by atoms with van der Waals surface area (Å²) in [5.74, 6) is 0.707. The number of isocyanates is 1. The molecule has 3 rings (SSSR count). The van der Waals surface area contributed by atoms with Crippen LogP contribution in [0.5, 0.6) is 0 Å². The molecule has 0 N–H and O–H groups in total. The fraction of sp³-hybridized carbons (Fsp3) is 0.588. The molecule has 2 nitrogen and oxygen atoms in total. The first-order valence-electron chi connectivity index (χ1n) is 7.53. The number of benzene rings is 1. The van der Waals surface area contributed by atoms with Crippen molar-refractivity contribution in [2.45, 2.75) is 62.8 Å². The molecule has 0 heterocycles. The number of hydrogen-bond acceptors (Lipinski definition) is 2. The molecule has 0 saturated heterocycles. The van der Waals surface area contributed by atoms with E-state index in [1.165, 1.54) is 49.7 Å². The van der Waals surface area contributed by atoms with Gasteiger partial charge in [0.1, 0.15) is 0 Å². The Morgan fingerprint density at radius 3 is 2.47 bits per heavy atom. The molecule has 1 aromatic rings. The first-order valence-corrected chi connectivity index (χ1v) is 7.53. The zero-order chi connectivity index (χ0) is 13.1. The van der Waals surface area contributed by atoms with Crippen LogP contribution < -0.4 is 0 Å². The summed E-state index contributed by atoms with van der Waals surface area (Å²) in [6, 6.07) is 8.80. The van der Waals surface area contributed by atoms with E-state index in [2.05, 4.69) is 29.3 Å². The van der Waals surface area contributed by atoms with Crippen molar-refractivity contribution in [3.05, 3.63) is 35.4 Å². The molecule has 0 unspecified atom stereocenters. The van der Waals surface area contributed by atoms with Crippen molar-refractivity contribution >= 4 is 6.08 Å². The number of aliphatic imine (C=N–C) groups is 1. The first kappa shape index (κ1) is 12.6. The molecule has 0 radical (unpaired) electrons. The van der Waals surface area contributed by atoms with Gasteiger partial charge < -0.3 is 0 Å². The van der Waals surface area contributed by atoms with Crippen LogP contribution in [-0.2, 0) is 10.3 Å². The molecule has 0 aliphatic heterocycles. The molecule has 0 atom stereocenters. The lowest BCUT2D eigenvalue weighted by Gasteiger charge is -2.17. The van der Waals surface area contributed by atoms with Gasteiger partial charge >= 0.3 is 0 Å². The van der Waals surface area contributed by atoms with E-state index in [-0.39, 0.29) is 5.54 Å². The molecule has 100 valence electrons. The van der Waals surface area contributed by atoms with E-state index < -0.39 is 0 Å². The predicted octanol–water partition coefficient (Wildman–Crippen LogP) is 4.45. The normalized spacial score (nSPS) is 22.3. The summed E-state index contributed by atoms with van der Waals surface area (Å²) < 4.78 is 0. The van der Waals surface area contributed by atoms with Gasteiger partial charge in [-0.25, -0.2) is 4.79 Å². The van der Waals surface area contributed by atoms with Crippen molar-refractivity contribution in [1.29, 1.82) is 0 Å². The molecular weight excluding hydrogens is 234 g/mol. The molecule has 2 heteroatoms. The van der Waals surface area contributed by atoms with E-state index in [1.54, 1.807) is 6.08 Å². The lowest BCUT2D eigenvalue weighted by Crippen LogP contribution is -2.05. The molecule has 0 bridgehead atoms. The van der Waals surface area contributed by atoms with Crippen LogP contribution in [-0.4, -0.2) is 6.08 Å². The third kappa shape index (κ3) is 2.64. The van der Waals surface area contributed by atoms with Crippen LogP contribution in [0.25, 0.3) is 0 Å². The zero-order valence-electron chi connectivity index (χ0n) is 11.4. The number of hydrogen-bond donors (Lipinski definition) is 0. The van der Waals surface area contributed by atoms with Crippen LogP contribution in [0.3, 0.4) is 0 Å². The zero-order valence-corrected chi connectivity index (χ0v) is 11.4. The average molecular weight is 255 g/mol. The molecule has 2 saturated carbocycles. The number of carbonyl (C=O) groups excluding carboxylic acids is 1. The highest BCUT2D eigenvalue weighted by Crippen LogP contribution is 2.49. The second kappa shape index (κ2) is 5.30. The van der Waals surface area contributed by atoms with Gasteiger partial charge in [-0.1, -0.05) is 49.9 Å². The molecule has 19 heavy (non-hydrogen) atoms. The molecule has 2 aliphatic carbocycles. The molecule has 0 spiro atoms. The van der Waals surface area contributed by atoms with Gasteiger partial charge in [0, 0.05) is 0 Å². The average Bonchev–Trinajstić information content (AvgIpc) is 3.23. The second-order valence-corrected chi connectivity index (χ2v) is 6.05. The topological polar surface area (TPSA) is 29.4 Å². The van der Waals surface area contributed by atoms with Crippen molar-refractivity contribution in [1.82, 2.24) is 0 Å². The van der Waals surface area contributed by atoms with Crippen molar-refractivity contribution in [2.24, 2.45) is 4.99 Å². The third-order valence-corrected chi connectivity index (χ3v) is 4.73. The Morgan fingerprint density at radius 1 is 1.11 bits per heavy atom. The highest BCUT2D eigenvalue weighted by molar-refractivity contribution is 5.42. The summed E-state index contributed by atoms with van der Waals surface area (Å²) in [6.45, 7) is 0. The van der Waals surface area contributed by atoms with Crippen molar-refractivity contribution < 1.29 is 4.79 Å². The van der Waals surface area contributed by atoms with Gasteiger partial charge in [-0.15, -0.1) is 0 Å². The maximum absolute atomic E-state index is 10.6. The molecule has 1 aromatic carbocycles. The minimum atomic E-state index is -0.220. The summed E-state index contributed by atoms with van der Waals surface area (Å²) >= 11 is 0. The highest BCUT2D eigenvalue weighted by Gasteiger charge is 2.44. The van der Waals surface area contributed by atoms with Gasteiger partial charge in [-0.2, -0.15) is 4.99 Å². The van der Waals surface area contributed by atoms with Gasteiger partial charge in [0.15, 0.2) is 0 Å². The summed E-state index contributed by atoms with van der Waals surface area (Å²) in [5.41, 5.74) is 2.45. The van der Waals surface area contributed by atoms with E-state index in [9.17, 15) is 4.79 Å². The molecule has 2 fully saturated rings. The SMILES string of the molecule is O=C=NC1(c2cccc(C3CCCCCC3)c2)CC1. The molecule has 0 aromatic heterocycles. The molecule has 0 amide bonds. The van der Waals surface area contributed by atoms with Crippen LogP contribution in [0.2, 0.25) is 0 Å². The van der Waals surface area contributed by atoms with Crippen LogP contribution in [0.1, 0.15) is 68.4 Å². The number of rotatable bonds is 3. The standard InChI is InChI=1S/C17H21NO/c19-13-18-17(10-11-17)16-9-5-8-15(12-16)14-6-3-1-2-4-7-14/h5,8-9,12,14H,1-4,6-7,10-11H2. The van der Waals surface area contributed by atoms with E-state index >= 15 is 0 Å². The van der Waals surface area contributed by atoms with Crippen LogP contribution in [0.4, 0.5) is 0 Å². The second-order valence-electron chi connectivity index (χ2n) is 6.05. The Morgan fingerprint density at radius 2 is 1.84 bits per heavy atom. The van der Waals surface area contributed by atoms with Gasteiger partial charge in [0.05, 0.1) is 5.54 Å². The van der Waals surface area contributed by atoms with E-state index in [0.717, 1.165) is 12.8 Å². The Balaban J connectivity index is 1.85. The lowest BCUT2D eigenvalue weighted by atomic mass is 9.89. The minimum Gasteiger partial charge on any atom is -0.211 e. The van der Waals surface area contributed by atoms with E-state index in [0.29, 0.717) is 5.92 Å². The van der Waals surface area contributed by atoms with Crippen molar-refractivity contribution in [3.8, 4) is 0 Å². The summed E-state index contributed by atoms with van der Waals surface area (Å²) in [6.07, 6.45) is 11.8. The molecule has 2 aliphatic rings. The fourth-order valence-electron chi connectivity index (χ4n) is 3.37. The lowest BCUT2D eigenvalue weighted by molar-refractivity contribution is 0.556. The van der Waals surface area contributed by atoms with E-state index in [4.69, 9.17) is 0 Å². The quantitative estimate of drug-likeness (QED) is 0.446. The van der Waals surface area contributed by atoms with Crippen LogP contribution >= 0.6 is 0 Å². The van der Waals surface area contributed by atoms with Crippen LogP contribution in [0.15, 0.2) is 29.3 Å². The van der Waals surface area contributed by atoms with Crippen molar-refractivity contribution in [3.63, 3.8) is 0 Å². The number of nitrogens with zero attached hydrogens (tertiary/aromatic N) is 1. The highest BCUT2D eigenvalue weighted by atomic mass is 16.1. The van der Waals surface area contributed by atoms with Gasteiger partial charge in [-0.3, -0.25) is 0 Å². The van der Waals surface area contributed by atoms with Crippen molar-refractivity contribution in [2.75, 3.05) is 0 Å². The summed E-state index contributed by atoms with van der Waals surface area (Å²) in [5, 5.41) is 0. The van der Waals surface area contributed by atoms with E-state index in [1.807, 2.05) is 0 Å². The summed E-state index contributed by atoms with van der Waals surface area (Å²) in [7, 11) is 0. The third-order valence-electron chi connectivity index (χ3n) is 4.73. The van der Waals surface area contributed by atoms with Gasteiger partial charge in [0.2, 0.25) is 6.08 Å². The fourth-order valence-corrected chi connectivity index (χ4v) is 3.37. The Kier molecular flexibility index (Phi) is 3.52. The smallest absolute Gasteiger partial charge is 0.211 e. The predicted molar refractivity (Wildman–Crippen MR) is 75.9 cm³/mol. The Hall–Kier alpha value is -1.40. The monoisotopic (exact) mass is 255 g/mol. The Labute approximate surface area is 114 Å². The van der Waals surface area contributed by atoms with Crippen LogP contribution in [0, 0.1) is 0 Å². The molecular formula is C17H21NO. The van der Waals surface area contributed by atoms with Gasteiger partial charge in [-0.05, 0) is 42.7 Å².